The molecule has 1 heteroatoms. The Morgan fingerprint density at radius 3 is 1.36 bits per heavy atom. The first kappa shape index (κ1) is 32.4. The number of fused-ring (bicyclic) bond motifs is 4. The number of nitrogens with zero attached hydrogens (tertiary/aromatic N) is 1. The van der Waals surface area contributed by atoms with Gasteiger partial charge in [-0.1, -0.05) is 194 Å². The van der Waals surface area contributed by atoms with E-state index in [2.05, 4.69) is 229 Å². The molecule has 0 aliphatic heterocycles. The van der Waals surface area contributed by atoms with Gasteiger partial charge in [0.15, 0.2) is 0 Å². The molecular weight excluding hydrogens is 663 g/mol. The molecule has 0 amide bonds. The van der Waals surface area contributed by atoms with Gasteiger partial charge in [-0.15, -0.1) is 0 Å². The topological polar surface area (TPSA) is 3.24 Å². The van der Waals surface area contributed by atoms with Crippen molar-refractivity contribution in [3.8, 4) is 44.5 Å². The third kappa shape index (κ3) is 5.93. The lowest BCUT2D eigenvalue weighted by atomic mass is 9.89. The third-order valence-electron chi connectivity index (χ3n) is 10.8. The standard InChI is InChI=1S/C54H37N/c1-3-16-41(17-4-1)47-21-9-10-22-48(47)42-30-27-39(28-31-42)40-33-35-46(36-34-40)55(45-19-5-2-6-20-45)54-52-26-14-12-24-50(52)49-23-11-13-25-51(49)53(54)44-32-29-38-15-7-8-18-43(38)37-44/h1-37H. The maximum atomic E-state index is 2.45. The molecular formula is C54H37N. The van der Waals surface area contributed by atoms with Gasteiger partial charge in [-0.05, 0) is 96.2 Å². The molecule has 0 fully saturated rings. The lowest BCUT2D eigenvalue weighted by molar-refractivity contribution is 1.30. The fourth-order valence-corrected chi connectivity index (χ4v) is 8.23. The Balaban J connectivity index is 1.12. The molecule has 10 aromatic rings. The van der Waals surface area contributed by atoms with Crippen molar-refractivity contribution in [3.63, 3.8) is 0 Å². The van der Waals surface area contributed by atoms with Gasteiger partial charge in [0.1, 0.15) is 0 Å². The minimum atomic E-state index is 1.10. The molecule has 1 nitrogen and oxygen atoms in total. The second kappa shape index (κ2) is 14.0. The minimum absolute atomic E-state index is 1.10. The van der Waals surface area contributed by atoms with Crippen LogP contribution >= 0.6 is 0 Å². The Kier molecular flexibility index (Phi) is 8.24. The van der Waals surface area contributed by atoms with Gasteiger partial charge in [0, 0.05) is 22.3 Å². The van der Waals surface area contributed by atoms with E-state index in [9.17, 15) is 0 Å². The van der Waals surface area contributed by atoms with E-state index in [4.69, 9.17) is 0 Å². The number of rotatable bonds is 7. The van der Waals surface area contributed by atoms with Crippen LogP contribution in [0.3, 0.4) is 0 Å². The van der Waals surface area contributed by atoms with E-state index in [0.29, 0.717) is 0 Å². The molecule has 258 valence electrons. The summed E-state index contributed by atoms with van der Waals surface area (Å²) in [4.78, 5) is 2.45. The molecule has 0 heterocycles. The van der Waals surface area contributed by atoms with Crippen molar-refractivity contribution in [2.45, 2.75) is 0 Å². The van der Waals surface area contributed by atoms with E-state index in [1.807, 2.05) is 0 Å². The zero-order valence-electron chi connectivity index (χ0n) is 30.3. The first-order valence-corrected chi connectivity index (χ1v) is 18.9. The average Bonchev–Trinajstić information content (AvgIpc) is 3.27. The predicted molar refractivity (Wildman–Crippen MR) is 235 cm³/mol. The average molecular weight is 700 g/mol. The molecule has 0 aliphatic rings. The van der Waals surface area contributed by atoms with Gasteiger partial charge in [0.2, 0.25) is 0 Å². The highest BCUT2D eigenvalue weighted by Gasteiger charge is 2.23. The van der Waals surface area contributed by atoms with Crippen LogP contribution in [0.4, 0.5) is 17.1 Å². The second-order valence-corrected chi connectivity index (χ2v) is 14.1. The summed E-state index contributed by atoms with van der Waals surface area (Å²) in [7, 11) is 0. The van der Waals surface area contributed by atoms with Crippen molar-refractivity contribution in [1.82, 2.24) is 0 Å². The van der Waals surface area contributed by atoms with Crippen LogP contribution in [0.25, 0.3) is 76.8 Å². The second-order valence-electron chi connectivity index (χ2n) is 14.1. The van der Waals surface area contributed by atoms with Crippen LogP contribution in [0, 0.1) is 0 Å². The Morgan fingerprint density at radius 2 is 0.691 bits per heavy atom. The smallest absolute Gasteiger partial charge is 0.0624 e. The van der Waals surface area contributed by atoms with Crippen LogP contribution in [0.1, 0.15) is 0 Å². The zero-order chi connectivity index (χ0) is 36.6. The Bertz CT molecular complexity index is 2950. The van der Waals surface area contributed by atoms with Crippen molar-refractivity contribution in [2.24, 2.45) is 0 Å². The SMILES string of the molecule is c1ccc(-c2ccccc2-c2ccc(-c3ccc(N(c4ccccc4)c4c(-c5ccc6ccccc6c5)c5ccccc5c5ccccc45)cc3)cc2)cc1. The van der Waals surface area contributed by atoms with Crippen LogP contribution in [0.15, 0.2) is 224 Å². The highest BCUT2D eigenvalue weighted by molar-refractivity contribution is 6.22. The number of anilines is 3. The van der Waals surface area contributed by atoms with Gasteiger partial charge >= 0.3 is 0 Å². The monoisotopic (exact) mass is 699 g/mol. The predicted octanol–water partition coefficient (Wildman–Crippen LogP) is 15.3. The summed E-state index contributed by atoms with van der Waals surface area (Å²) >= 11 is 0. The van der Waals surface area contributed by atoms with Crippen LogP contribution in [0.5, 0.6) is 0 Å². The molecule has 0 N–H and O–H groups in total. The molecule has 0 radical (unpaired) electrons. The fourth-order valence-electron chi connectivity index (χ4n) is 8.23. The Morgan fingerprint density at radius 1 is 0.255 bits per heavy atom. The van der Waals surface area contributed by atoms with E-state index >= 15 is 0 Å². The van der Waals surface area contributed by atoms with Crippen molar-refractivity contribution in [3.05, 3.63) is 224 Å². The number of hydrogen-bond acceptors (Lipinski definition) is 1. The molecule has 0 unspecified atom stereocenters. The first-order valence-electron chi connectivity index (χ1n) is 18.9. The largest absolute Gasteiger partial charge is 0.309 e. The molecule has 0 bridgehead atoms. The van der Waals surface area contributed by atoms with Crippen LogP contribution < -0.4 is 4.90 Å². The molecule has 0 saturated heterocycles. The molecule has 10 aromatic carbocycles. The summed E-state index contributed by atoms with van der Waals surface area (Å²) in [5, 5.41) is 7.41. The molecule has 10 rings (SSSR count). The van der Waals surface area contributed by atoms with E-state index in [-0.39, 0.29) is 0 Å². The van der Waals surface area contributed by atoms with Gasteiger partial charge in [-0.2, -0.15) is 0 Å². The molecule has 0 atom stereocenters. The van der Waals surface area contributed by atoms with E-state index < -0.39 is 0 Å². The molecule has 0 aliphatic carbocycles. The quantitative estimate of drug-likeness (QED) is 0.150. The van der Waals surface area contributed by atoms with Crippen molar-refractivity contribution < 1.29 is 0 Å². The van der Waals surface area contributed by atoms with E-state index in [1.54, 1.807) is 0 Å². The molecule has 55 heavy (non-hydrogen) atoms. The molecule has 0 aromatic heterocycles. The summed E-state index contributed by atoms with van der Waals surface area (Å²) in [5.41, 5.74) is 13.1. The zero-order valence-corrected chi connectivity index (χ0v) is 30.3. The number of para-hydroxylation sites is 1. The number of benzene rings is 10. The summed E-state index contributed by atoms with van der Waals surface area (Å²) in [6, 6.07) is 81.4. The summed E-state index contributed by atoms with van der Waals surface area (Å²) in [5.74, 6) is 0. The first-order chi connectivity index (χ1) is 27.3. The maximum Gasteiger partial charge on any atom is 0.0624 e. The summed E-state index contributed by atoms with van der Waals surface area (Å²) < 4.78 is 0. The van der Waals surface area contributed by atoms with Gasteiger partial charge < -0.3 is 4.90 Å². The normalized spacial score (nSPS) is 11.3. The lowest BCUT2D eigenvalue weighted by Gasteiger charge is -2.30. The van der Waals surface area contributed by atoms with Crippen molar-refractivity contribution in [2.75, 3.05) is 4.90 Å². The highest BCUT2D eigenvalue weighted by atomic mass is 15.1. The Labute approximate surface area is 322 Å². The van der Waals surface area contributed by atoms with Gasteiger partial charge in [-0.3, -0.25) is 0 Å². The summed E-state index contributed by atoms with van der Waals surface area (Å²) in [6.07, 6.45) is 0. The highest BCUT2D eigenvalue weighted by Crippen LogP contribution is 2.49. The lowest BCUT2D eigenvalue weighted by Crippen LogP contribution is -2.12. The van der Waals surface area contributed by atoms with Crippen LogP contribution in [-0.4, -0.2) is 0 Å². The van der Waals surface area contributed by atoms with Gasteiger partial charge in [-0.25, -0.2) is 0 Å². The minimum Gasteiger partial charge on any atom is -0.309 e. The number of hydrogen-bond donors (Lipinski definition) is 0. The van der Waals surface area contributed by atoms with E-state index in [0.717, 1.165) is 11.4 Å². The van der Waals surface area contributed by atoms with Crippen LogP contribution in [-0.2, 0) is 0 Å². The fraction of sp³-hybridized carbons (Fsp3) is 0. The molecule has 0 spiro atoms. The Hall–Kier alpha value is -7.22. The van der Waals surface area contributed by atoms with E-state index in [1.165, 1.54) is 82.5 Å². The van der Waals surface area contributed by atoms with Gasteiger partial charge in [0.05, 0.1) is 5.69 Å². The summed E-state index contributed by atoms with van der Waals surface area (Å²) in [6.45, 7) is 0. The molecule has 0 saturated carbocycles. The van der Waals surface area contributed by atoms with Crippen molar-refractivity contribution in [1.29, 1.82) is 0 Å². The maximum absolute atomic E-state index is 2.45. The van der Waals surface area contributed by atoms with Crippen molar-refractivity contribution >= 4 is 49.4 Å². The van der Waals surface area contributed by atoms with Crippen LogP contribution in [0.2, 0.25) is 0 Å². The van der Waals surface area contributed by atoms with Gasteiger partial charge in [0.25, 0.3) is 0 Å². The third-order valence-corrected chi connectivity index (χ3v) is 10.8.